The van der Waals surface area contributed by atoms with E-state index in [0.29, 0.717) is 12.3 Å². The monoisotopic (exact) mass is 254 g/mol. The molecule has 4 heteroatoms. The Kier molecular flexibility index (Phi) is 2.83. The van der Waals surface area contributed by atoms with Crippen LogP contribution in [0.5, 0.6) is 5.75 Å². The number of fused-ring (bicyclic) bond motifs is 1. The van der Waals surface area contributed by atoms with Gasteiger partial charge in [0, 0.05) is 18.2 Å². The molecule has 0 aliphatic carbocycles. The molecule has 0 fully saturated rings. The third-order valence-corrected chi connectivity index (χ3v) is 2.95. The summed E-state index contributed by atoms with van der Waals surface area (Å²) in [4.78, 5) is 4.45. The minimum atomic E-state index is 0.627. The van der Waals surface area contributed by atoms with E-state index in [4.69, 9.17) is 14.9 Å². The van der Waals surface area contributed by atoms with Crippen LogP contribution in [0.15, 0.2) is 46.9 Å². The number of nitrogens with two attached hydrogens (primary N) is 1. The molecule has 96 valence electrons. The highest BCUT2D eigenvalue weighted by Crippen LogP contribution is 2.22. The molecule has 0 aliphatic heterocycles. The summed E-state index contributed by atoms with van der Waals surface area (Å²) >= 11 is 0. The summed E-state index contributed by atoms with van der Waals surface area (Å²) in [6, 6.07) is 13.3. The summed E-state index contributed by atoms with van der Waals surface area (Å²) in [5.74, 6) is 1.44. The molecule has 2 aromatic carbocycles. The van der Waals surface area contributed by atoms with Crippen molar-refractivity contribution >= 4 is 16.8 Å². The molecule has 0 spiro atoms. The van der Waals surface area contributed by atoms with Gasteiger partial charge in [-0.05, 0) is 29.8 Å². The smallest absolute Gasteiger partial charge is 0.199 e. The highest BCUT2D eigenvalue weighted by molar-refractivity contribution is 5.74. The van der Waals surface area contributed by atoms with E-state index >= 15 is 0 Å². The quantitative estimate of drug-likeness (QED) is 0.730. The molecule has 3 aromatic rings. The van der Waals surface area contributed by atoms with Crippen LogP contribution in [-0.4, -0.2) is 12.1 Å². The topological polar surface area (TPSA) is 61.3 Å². The molecule has 0 bridgehead atoms. The van der Waals surface area contributed by atoms with Crippen LogP contribution in [0.4, 0.5) is 5.69 Å². The van der Waals surface area contributed by atoms with Gasteiger partial charge in [0.1, 0.15) is 11.3 Å². The number of methoxy groups -OCH3 is 1. The average Bonchev–Trinajstić information content (AvgIpc) is 2.79. The van der Waals surface area contributed by atoms with E-state index in [9.17, 15) is 0 Å². The van der Waals surface area contributed by atoms with Crippen molar-refractivity contribution in [3.63, 3.8) is 0 Å². The molecule has 0 radical (unpaired) electrons. The Hall–Kier alpha value is -2.49. The fourth-order valence-electron chi connectivity index (χ4n) is 2.03. The molecule has 0 aliphatic rings. The van der Waals surface area contributed by atoms with Crippen LogP contribution in [0, 0.1) is 0 Å². The second-order valence-corrected chi connectivity index (χ2v) is 4.36. The molecule has 1 heterocycles. The number of oxazole rings is 1. The van der Waals surface area contributed by atoms with Crippen LogP contribution < -0.4 is 10.5 Å². The van der Waals surface area contributed by atoms with Gasteiger partial charge in [-0.1, -0.05) is 12.1 Å². The number of aromatic nitrogens is 1. The van der Waals surface area contributed by atoms with E-state index < -0.39 is 0 Å². The van der Waals surface area contributed by atoms with Gasteiger partial charge in [-0.3, -0.25) is 0 Å². The molecular weight excluding hydrogens is 240 g/mol. The van der Waals surface area contributed by atoms with Crippen molar-refractivity contribution in [3.8, 4) is 5.75 Å². The Morgan fingerprint density at radius 1 is 1.21 bits per heavy atom. The summed E-state index contributed by atoms with van der Waals surface area (Å²) in [5, 5.41) is 0. The zero-order chi connectivity index (χ0) is 13.2. The molecule has 0 unspecified atom stereocenters. The van der Waals surface area contributed by atoms with Gasteiger partial charge in [0.05, 0.1) is 7.11 Å². The first-order valence-electron chi connectivity index (χ1n) is 6.02. The lowest BCUT2D eigenvalue weighted by Gasteiger charge is -1.98. The van der Waals surface area contributed by atoms with E-state index in [1.165, 1.54) is 0 Å². The van der Waals surface area contributed by atoms with Gasteiger partial charge in [-0.2, -0.15) is 0 Å². The van der Waals surface area contributed by atoms with Gasteiger partial charge >= 0.3 is 0 Å². The minimum Gasteiger partial charge on any atom is -0.497 e. The number of hydrogen-bond acceptors (Lipinski definition) is 4. The van der Waals surface area contributed by atoms with Crippen molar-refractivity contribution in [2.24, 2.45) is 0 Å². The molecule has 0 saturated carbocycles. The fourth-order valence-corrected chi connectivity index (χ4v) is 2.03. The molecule has 3 rings (SSSR count). The predicted octanol–water partition coefficient (Wildman–Crippen LogP) is 3.01. The van der Waals surface area contributed by atoms with Gasteiger partial charge in [0.15, 0.2) is 11.5 Å². The van der Waals surface area contributed by atoms with E-state index in [1.807, 2.05) is 42.5 Å². The number of anilines is 1. The number of hydrogen-bond donors (Lipinski definition) is 1. The van der Waals surface area contributed by atoms with Crippen molar-refractivity contribution in [2.45, 2.75) is 6.42 Å². The second-order valence-electron chi connectivity index (χ2n) is 4.36. The van der Waals surface area contributed by atoms with Gasteiger partial charge in [0.2, 0.25) is 0 Å². The highest BCUT2D eigenvalue weighted by atomic mass is 16.5. The maximum atomic E-state index is 5.76. The van der Waals surface area contributed by atoms with Crippen molar-refractivity contribution in [3.05, 3.63) is 53.9 Å². The van der Waals surface area contributed by atoms with Crippen molar-refractivity contribution < 1.29 is 9.15 Å². The Labute approximate surface area is 110 Å². The minimum absolute atomic E-state index is 0.627. The number of nitrogen functional groups attached to an aromatic ring is 1. The number of benzene rings is 2. The third-order valence-electron chi connectivity index (χ3n) is 2.95. The number of nitrogens with zero attached hydrogens (tertiary/aromatic N) is 1. The normalized spacial score (nSPS) is 10.8. The Morgan fingerprint density at radius 2 is 2.11 bits per heavy atom. The lowest BCUT2D eigenvalue weighted by Crippen LogP contribution is -1.90. The second kappa shape index (κ2) is 4.65. The van der Waals surface area contributed by atoms with Gasteiger partial charge in [0.25, 0.3) is 0 Å². The summed E-state index contributed by atoms with van der Waals surface area (Å²) in [6.45, 7) is 0. The molecule has 19 heavy (non-hydrogen) atoms. The summed E-state index contributed by atoms with van der Waals surface area (Å²) in [5.41, 5.74) is 9.15. The third kappa shape index (κ3) is 2.38. The lowest BCUT2D eigenvalue weighted by atomic mass is 10.1. The molecule has 1 aromatic heterocycles. The molecule has 4 nitrogen and oxygen atoms in total. The van der Waals surface area contributed by atoms with Gasteiger partial charge in [-0.15, -0.1) is 0 Å². The van der Waals surface area contributed by atoms with Crippen molar-refractivity contribution in [2.75, 3.05) is 12.8 Å². The first-order valence-corrected chi connectivity index (χ1v) is 6.02. The number of rotatable bonds is 3. The van der Waals surface area contributed by atoms with Crippen molar-refractivity contribution in [1.82, 2.24) is 4.98 Å². The molecule has 0 saturated heterocycles. The van der Waals surface area contributed by atoms with Crippen LogP contribution in [0.1, 0.15) is 11.5 Å². The zero-order valence-electron chi connectivity index (χ0n) is 10.6. The number of ether oxygens (including phenoxy) is 1. The van der Waals surface area contributed by atoms with Crippen LogP contribution >= 0.6 is 0 Å². The van der Waals surface area contributed by atoms with E-state index in [1.54, 1.807) is 7.11 Å². The molecule has 0 atom stereocenters. The predicted molar refractivity (Wildman–Crippen MR) is 74.2 cm³/mol. The van der Waals surface area contributed by atoms with Gasteiger partial charge in [-0.25, -0.2) is 4.98 Å². The molecular formula is C15H14N2O2. The van der Waals surface area contributed by atoms with Crippen LogP contribution in [0.25, 0.3) is 11.1 Å². The largest absolute Gasteiger partial charge is 0.497 e. The maximum absolute atomic E-state index is 5.76. The van der Waals surface area contributed by atoms with Crippen LogP contribution in [0.2, 0.25) is 0 Å². The average molecular weight is 254 g/mol. The maximum Gasteiger partial charge on any atom is 0.199 e. The zero-order valence-corrected chi connectivity index (χ0v) is 10.6. The van der Waals surface area contributed by atoms with Crippen molar-refractivity contribution in [1.29, 1.82) is 0 Å². The van der Waals surface area contributed by atoms with Crippen LogP contribution in [0.3, 0.4) is 0 Å². The Bertz CT molecular complexity index is 719. The Morgan fingerprint density at radius 3 is 2.89 bits per heavy atom. The standard InChI is InChI=1S/C15H14N2O2/c1-18-12-5-6-13-14(9-12)19-15(17-13)8-10-3-2-4-11(16)7-10/h2-7,9H,8,16H2,1H3. The highest BCUT2D eigenvalue weighted by Gasteiger charge is 2.07. The van der Waals surface area contributed by atoms with Crippen LogP contribution in [-0.2, 0) is 6.42 Å². The van der Waals surface area contributed by atoms with E-state index in [2.05, 4.69) is 4.98 Å². The first kappa shape index (κ1) is 11.6. The SMILES string of the molecule is COc1ccc2nc(Cc3cccc(N)c3)oc2c1. The summed E-state index contributed by atoms with van der Waals surface area (Å²) in [7, 11) is 1.63. The summed E-state index contributed by atoms with van der Waals surface area (Å²) < 4.78 is 10.9. The fraction of sp³-hybridized carbons (Fsp3) is 0.133. The Balaban J connectivity index is 1.93. The van der Waals surface area contributed by atoms with Gasteiger partial charge < -0.3 is 14.9 Å². The van der Waals surface area contributed by atoms with E-state index in [0.717, 1.165) is 28.1 Å². The lowest BCUT2D eigenvalue weighted by molar-refractivity contribution is 0.414. The summed E-state index contributed by atoms with van der Waals surface area (Å²) in [6.07, 6.45) is 0.627. The first-order chi connectivity index (χ1) is 9.24. The van der Waals surface area contributed by atoms with E-state index in [-0.39, 0.29) is 0 Å². The molecule has 0 amide bonds. The molecule has 2 N–H and O–H groups in total.